The summed E-state index contributed by atoms with van der Waals surface area (Å²) in [5, 5.41) is 8.66. The molecule has 1 amide bonds. The first-order chi connectivity index (χ1) is 14.1. The number of hydrogen-bond acceptors (Lipinski definition) is 6. The molecular formula is C21H18N4OS3. The number of nitrogens with one attached hydrogen (secondary N) is 1. The Balaban J connectivity index is 1.66. The second-order valence-electron chi connectivity index (χ2n) is 6.74. The lowest BCUT2D eigenvalue weighted by Crippen LogP contribution is -2.15. The predicted octanol–water partition coefficient (Wildman–Crippen LogP) is 5.29. The highest BCUT2D eigenvalue weighted by atomic mass is 32.2. The number of benzene rings is 2. The van der Waals surface area contributed by atoms with Crippen molar-refractivity contribution < 1.29 is 4.79 Å². The van der Waals surface area contributed by atoms with Crippen molar-refractivity contribution in [1.29, 1.82) is 0 Å². The zero-order valence-electron chi connectivity index (χ0n) is 15.9. The minimum Gasteiger partial charge on any atom is -0.310 e. The number of thiazole rings is 1. The summed E-state index contributed by atoms with van der Waals surface area (Å²) in [5.74, 6) is 1.13. The molecule has 0 bridgehead atoms. The molecule has 0 unspecified atom stereocenters. The molecule has 5 rings (SSSR count). The quantitative estimate of drug-likeness (QED) is 0.441. The molecule has 0 saturated heterocycles. The Morgan fingerprint density at radius 1 is 1.17 bits per heavy atom. The van der Waals surface area contributed by atoms with Gasteiger partial charge in [0, 0.05) is 10.5 Å². The summed E-state index contributed by atoms with van der Waals surface area (Å²) < 4.78 is 2.89. The van der Waals surface area contributed by atoms with Crippen molar-refractivity contribution in [3.8, 4) is 5.13 Å². The van der Waals surface area contributed by atoms with Gasteiger partial charge in [-0.05, 0) is 43.0 Å². The van der Waals surface area contributed by atoms with E-state index in [-0.39, 0.29) is 11.2 Å². The van der Waals surface area contributed by atoms with E-state index in [1.807, 2.05) is 25.1 Å². The molecule has 0 fully saturated rings. The molecule has 1 atom stereocenters. The molecule has 0 radical (unpaired) electrons. The van der Waals surface area contributed by atoms with E-state index in [0.29, 0.717) is 5.75 Å². The van der Waals surface area contributed by atoms with Gasteiger partial charge in [-0.3, -0.25) is 4.79 Å². The Hall–Kier alpha value is -2.29. The molecule has 8 heteroatoms. The van der Waals surface area contributed by atoms with Gasteiger partial charge in [0.15, 0.2) is 0 Å². The minimum atomic E-state index is -0.0123. The van der Waals surface area contributed by atoms with Crippen LogP contribution in [0.25, 0.3) is 15.3 Å². The number of anilines is 1. The second kappa shape index (κ2) is 7.51. The van der Waals surface area contributed by atoms with Crippen molar-refractivity contribution in [2.45, 2.75) is 17.1 Å². The van der Waals surface area contributed by atoms with Crippen LogP contribution in [0.3, 0.4) is 0 Å². The number of aryl methyl sites for hydroxylation is 1. The highest BCUT2D eigenvalue weighted by Crippen LogP contribution is 2.44. The van der Waals surface area contributed by atoms with Crippen LogP contribution in [0.15, 0.2) is 53.4 Å². The summed E-state index contributed by atoms with van der Waals surface area (Å²) >= 11 is 4.94. The van der Waals surface area contributed by atoms with E-state index in [1.165, 1.54) is 10.5 Å². The van der Waals surface area contributed by atoms with E-state index < -0.39 is 0 Å². The van der Waals surface area contributed by atoms with Crippen molar-refractivity contribution in [3.63, 3.8) is 0 Å². The van der Waals surface area contributed by atoms with E-state index in [4.69, 9.17) is 10.1 Å². The minimum absolute atomic E-state index is 0.0123. The first-order valence-corrected chi connectivity index (χ1v) is 12.2. The number of carbonyl (C=O) groups is 1. The lowest BCUT2D eigenvalue weighted by molar-refractivity contribution is -0.113. The maximum Gasteiger partial charge on any atom is 0.235 e. The molecule has 5 nitrogen and oxygen atoms in total. The smallest absolute Gasteiger partial charge is 0.235 e. The summed E-state index contributed by atoms with van der Waals surface area (Å²) in [7, 11) is 0. The number of para-hydroxylation sites is 1. The highest BCUT2D eigenvalue weighted by Gasteiger charge is 2.31. The summed E-state index contributed by atoms with van der Waals surface area (Å²) in [4.78, 5) is 18.5. The molecule has 29 heavy (non-hydrogen) atoms. The van der Waals surface area contributed by atoms with Gasteiger partial charge < -0.3 is 5.32 Å². The predicted molar refractivity (Wildman–Crippen MR) is 123 cm³/mol. The van der Waals surface area contributed by atoms with Gasteiger partial charge in [-0.2, -0.15) is 9.78 Å². The molecule has 4 aromatic rings. The van der Waals surface area contributed by atoms with Crippen LogP contribution < -0.4 is 5.32 Å². The zero-order valence-corrected chi connectivity index (χ0v) is 18.3. The molecule has 146 valence electrons. The van der Waals surface area contributed by atoms with E-state index >= 15 is 0 Å². The van der Waals surface area contributed by atoms with Gasteiger partial charge >= 0.3 is 0 Å². The van der Waals surface area contributed by atoms with Gasteiger partial charge in [-0.1, -0.05) is 35.6 Å². The highest BCUT2D eigenvalue weighted by molar-refractivity contribution is 8.00. The molecule has 1 N–H and O–H groups in total. The number of aromatic nitrogens is 3. The Morgan fingerprint density at radius 2 is 1.97 bits per heavy atom. The molecule has 2 aromatic heterocycles. The standard InChI is InChI=1S/C21H18N4OS3/c1-12-18-19(13-7-9-14(27-2)10-8-13)28-11-17(26)23-20(18)25(24-12)21-22-15-5-3-4-6-16(15)29-21/h3-10,19H,11H2,1-2H3,(H,23,26)/t19-/m1/s1. The molecule has 0 spiro atoms. The lowest BCUT2D eigenvalue weighted by atomic mass is 10.0. The number of hydrogen-bond donors (Lipinski definition) is 1. The average molecular weight is 439 g/mol. The third kappa shape index (κ3) is 3.35. The number of rotatable bonds is 3. The van der Waals surface area contributed by atoms with Crippen LogP contribution in [-0.2, 0) is 4.79 Å². The molecule has 1 aliphatic rings. The third-order valence-electron chi connectivity index (χ3n) is 4.89. The molecule has 1 aliphatic heterocycles. The number of thioether (sulfide) groups is 2. The summed E-state index contributed by atoms with van der Waals surface area (Å²) in [6.07, 6.45) is 2.07. The van der Waals surface area contributed by atoms with Crippen LogP contribution >= 0.6 is 34.9 Å². The van der Waals surface area contributed by atoms with Crippen LogP contribution in [0.5, 0.6) is 0 Å². The second-order valence-corrected chi connectivity index (χ2v) is 9.72. The fourth-order valence-corrected chi connectivity index (χ4v) is 6.04. The first kappa shape index (κ1) is 18.7. The Morgan fingerprint density at radius 3 is 2.72 bits per heavy atom. The van der Waals surface area contributed by atoms with E-state index in [2.05, 4.69) is 41.9 Å². The van der Waals surface area contributed by atoms with Crippen molar-refractivity contribution >= 4 is 56.8 Å². The fourth-order valence-electron chi connectivity index (χ4n) is 3.51. The summed E-state index contributed by atoms with van der Waals surface area (Å²) in [6.45, 7) is 2.00. The monoisotopic (exact) mass is 438 g/mol. The van der Waals surface area contributed by atoms with E-state index in [0.717, 1.165) is 32.4 Å². The number of fused-ring (bicyclic) bond motifs is 2. The number of nitrogens with zero attached hydrogens (tertiary/aromatic N) is 3. The average Bonchev–Trinajstić information content (AvgIpc) is 3.25. The van der Waals surface area contributed by atoms with Crippen LogP contribution in [0.4, 0.5) is 5.82 Å². The molecule has 0 saturated carbocycles. The van der Waals surface area contributed by atoms with Gasteiger partial charge in [0.2, 0.25) is 11.0 Å². The first-order valence-electron chi connectivity index (χ1n) is 9.15. The van der Waals surface area contributed by atoms with Crippen LogP contribution in [0.2, 0.25) is 0 Å². The Bertz CT molecular complexity index is 1180. The molecule has 3 heterocycles. The van der Waals surface area contributed by atoms with Gasteiger partial charge in [-0.15, -0.1) is 23.5 Å². The van der Waals surface area contributed by atoms with Gasteiger partial charge in [0.1, 0.15) is 5.82 Å². The lowest BCUT2D eigenvalue weighted by Gasteiger charge is -2.15. The maximum atomic E-state index is 12.5. The molecule has 2 aromatic carbocycles. The number of amides is 1. The SMILES string of the molecule is CSc1ccc([C@H]2SCC(=O)Nc3c2c(C)nn3-c2nc3ccccc3s2)cc1. The largest absolute Gasteiger partial charge is 0.310 e. The van der Waals surface area contributed by atoms with Gasteiger partial charge in [0.25, 0.3) is 0 Å². The van der Waals surface area contributed by atoms with E-state index in [9.17, 15) is 4.79 Å². The summed E-state index contributed by atoms with van der Waals surface area (Å²) in [5.41, 5.74) is 4.08. The van der Waals surface area contributed by atoms with Crippen molar-refractivity contribution in [2.24, 2.45) is 0 Å². The molecule has 0 aliphatic carbocycles. The maximum absolute atomic E-state index is 12.5. The topological polar surface area (TPSA) is 59.8 Å². The van der Waals surface area contributed by atoms with Crippen LogP contribution in [-0.4, -0.2) is 32.7 Å². The Labute approximate surface area is 180 Å². The van der Waals surface area contributed by atoms with Crippen LogP contribution in [0.1, 0.15) is 22.1 Å². The third-order valence-corrected chi connectivity index (χ3v) is 7.92. The van der Waals surface area contributed by atoms with Crippen molar-refractivity contribution in [1.82, 2.24) is 14.8 Å². The van der Waals surface area contributed by atoms with Crippen LogP contribution in [0, 0.1) is 6.92 Å². The number of carbonyl (C=O) groups excluding carboxylic acids is 1. The van der Waals surface area contributed by atoms with E-state index in [1.54, 1.807) is 39.5 Å². The normalized spacial score (nSPS) is 16.5. The summed E-state index contributed by atoms with van der Waals surface area (Å²) in [6, 6.07) is 16.6. The van der Waals surface area contributed by atoms with Crippen molar-refractivity contribution in [2.75, 3.05) is 17.3 Å². The van der Waals surface area contributed by atoms with Crippen molar-refractivity contribution in [3.05, 3.63) is 65.4 Å². The zero-order chi connectivity index (χ0) is 20.0. The molecular weight excluding hydrogens is 420 g/mol. The fraction of sp³-hybridized carbons (Fsp3) is 0.190. The van der Waals surface area contributed by atoms with Gasteiger partial charge in [-0.25, -0.2) is 4.98 Å². The van der Waals surface area contributed by atoms with Gasteiger partial charge in [0.05, 0.1) is 26.9 Å². The Kier molecular flexibility index (Phi) is 4.85.